The highest BCUT2D eigenvalue weighted by Crippen LogP contribution is 2.08. The van der Waals surface area contributed by atoms with E-state index in [1.165, 1.54) is 0 Å². The molecule has 0 aliphatic carbocycles. The summed E-state index contributed by atoms with van der Waals surface area (Å²) in [5, 5.41) is 4.06. The maximum absolute atomic E-state index is 11.9. The topological polar surface area (TPSA) is 88.8 Å². The molecular formula is C13H20N3O2+. The number of rotatable bonds is 6. The fourth-order valence-corrected chi connectivity index (χ4v) is 1.74. The molecule has 1 aromatic rings. The van der Waals surface area contributed by atoms with Gasteiger partial charge in [-0.1, -0.05) is 43.7 Å². The van der Waals surface area contributed by atoms with Crippen LogP contribution in [0.15, 0.2) is 30.3 Å². The van der Waals surface area contributed by atoms with Crippen molar-refractivity contribution in [1.82, 2.24) is 5.32 Å². The number of amides is 3. The van der Waals surface area contributed by atoms with Gasteiger partial charge < -0.3 is 11.1 Å². The molecule has 0 saturated heterocycles. The quantitative estimate of drug-likeness (QED) is 0.633. The number of nitrogens with two attached hydrogens (primary N) is 2. The van der Waals surface area contributed by atoms with E-state index in [2.05, 4.69) is 12.2 Å². The average molecular weight is 250 g/mol. The Morgan fingerprint density at radius 2 is 2.00 bits per heavy atom. The normalized spacial score (nSPS) is 11.8. The zero-order valence-electron chi connectivity index (χ0n) is 10.6. The van der Waals surface area contributed by atoms with Gasteiger partial charge in [0.25, 0.3) is 5.91 Å². The summed E-state index contributed by atoms with van der Waals surface area (Å²) in [5.74, 6) is -0.371. The minimum Gasteiger partial charge on any atom is -0.351 e. The van der Waals surface area contributed by atoms with E-state index in [0.717, 1.165) is 24.9 Å². The van der Waals surface area contributed by atoms with Crippen LogP contribution in [0.4, 0.5) is 4.79 Å². The van der Waals surface area contributed by atoms with Crippen molar-refractivity contribution in [2.24, 2.45) is 5.73 Å². The van der Waals surface area contributed by atoms with Gasteiger partial charge in [0.15, 0.2) is 6.04 Å². The summed E-state index contributed by atoms with van der Waals surface area (Å²) in [4.78, 5) is 22.7. The summed E-state index contributed by atoms with van der Waals surface area (Å²) in [7, 11) is 0. The lowest BCUT2D eigenvalue weighted by Gasteiger charge is -2.14. The molecule has 0 saturated carbocycles. The van der Waals surface area contributed by atoms with Gasteiger partial charge in [0.1, 0.15) is 0 Å². The smallest absolute Gasteiger partial charge is 0.319 e. The summed E-state index contributed by atoms with van der Waals surface area (Å²) in [6.45, 7) is 2.93. The first-order chi connectivity index (χ1) is 8.65. The van der Waals surface area contributed by atoms with Crippen LogP contribution in [0.5, 0.6) is 0 Å². The van der Waals surface area contributed by atoms with E-state index in [1.54, 1.807) is 0 Å². The van der Waals surface area contributed by atoms with Crippen molar-refractivity contribution in [2.45, 2.75) is 25.8 Å². The summed E-state index contributed by atoms with van der Waals surface area (Å²) >= 11 is 0. The minimum atomic E-state index is -0.815. The van der Waals surface area contributed by atoms with Gasteiger partial charge in [-0.2, -0.15) is 0 Å². The maximum atomic E-state index is 11.9. The third kappa shape index (κ3) is 4.55. The number of hydrogen-bond donors (Lipinski definition) is 3. The molecule has 0 fully saturated rings. The van der Waals surface area contributed by atoms with Gasteiger partial charge in [-0.25, -0.2) is 4.79 Å². The van der Waals surface area contributed by atoms with Crippen LogP contribution in [0.25, 0.3) is 0 Å². The molecule has 0 spiro atoms. The van der Waals surface area contributed by atoms with E-state index >= 15 is 0 Å². The number of nitrogens with one attached hydrogen (secondary N) is 1. The Morgan fingerprint density at radius 3 is 2.56 bits per heavy atom. The lowest BCUT2D eigenvalue weighted by atomic mass is 10.1. The van der Waals surface area contributed by atoms with Gasteiger partial charge in [0.2, 0.25) is 0 Å². The van der Waals surface area contributed by atoms with Gasteiger partial charge in [-0.3, -0.25) is 10.1 Å². The first kappa shape index (κ1) is 14.2. The first-order valence-corrected chi connectivity index (χ1v) is 6.13. The Balaban J connectivity index is 2.75. The predicted octanol–water partition coefficient (Wildman–Crippen LogP) is 0.286. The van der Waals surface area contributed by atoms with Crippen molar-refractivity contribution in [3.63, 3.8) is 0 Å². The predicted molar refractivity (Wildman–Crippen MR) is 68.6 cm³/mol. The van der Waals surface area contributed by atoms with E-state index < -0.39 is 12.1 Å². The van der Waals surface area contributed by atoms with Crippen molar-refractivity contribution in [1.29, 1.82) is 0 Å². The zero-order valence-corrected chi connectivity index (χ0v) is 10.6. The Kier molecular flexibility index (Phi) is 5.87. The molecule has 1 atom stereocenters. The number of quaternary nitrogens is 1. The lowest BCUT2D eigenvalue weighted by molar-refractivity contribution is -0.683. The molecule has 0 radical (unpaired) electrons. The van der Waals surface area contributed by atoms with Crippen LogP contribution in [0.1, 0.15) is 31.4 Å². The molecule has 1 aromatic carbocycles. The Labute approximate surface area is 107 Å². The Morgan fingerprint density at radius 1 is 1.33 bits per heavy atom. The number of benzene rings is 1. The number of imide groups is 1. The highest BCUT2D eigenvalue weighted by Gasteiger charge is 2.24. The molecule has 18 heavy (non-hydrogen) atoms. The van der Waals surface area contributed by atoms with E-state index in [0.29, 0.717) is 0 Å². The van der Waals surface area contributed by atoms with Crippen LogP contribution in [-0.2, 0) is 4.79 Å². The van der Waals surface area contributed by atoms with Crippen LogP contribution >= 0.6 is 0 Å². The van der Waals surface area contributed by atoms with E-state index in [-0.39, 0.29) is 5.91 Å². The fourth-order valence-electron chi connectivity index (χ4n) is 1.74. The monoisotopic (exact) mass is 250 g/mol. The number of primary amides is 1. The van der Waals surface area contributed by atoms with Gasteiger partial charge in [0, 0.05) is 5.56 Å². The van der Waals surface area contributed by atoms with E-state index in [1.807, 2.05) is 35.6 Å². The number of hydrogen-bond acceptors (Lipinski definition) is 2. The lowest BCUT2D eigenvalue weighted by Crippen LogP contribution is -2.87. The molecule has 5 heteroatoms. The van der Waals surface area contributed by atoms with E-state index in [4.69, 9.17) is 5.73 Å². The standard InChI is InChI=1S/C13H19N3O2/c1-2-3-9-15-11(12(17)16-13(14)18)10-7-5-4-6-8-10/h4-8,11,15H,2-3,9H2,1H3,(H3,14,16,17,18)/p+1/t11-/m1/s1. The second-order valence-corrected chi connectivity index (χ2v) is 4.12. The molecule has 0 aliphatic rings. The third-order valence-electron chi connectivity index (χ3n) is 2.65. The zero-order chi connectivity index (χ0) is 13.4. The fraction of sp³-hybridized carbons (Fsp3) is 0.385. The van der Waals surface area contributed by atoms with Gasteiger partial charge >= 0.3 is 6.03 Å². The molecule has 0 aliphatic heterocycles. The van der Waals surface area contributed by atoms with Crippen LogP contribution < -0.4 is 16.4 Å². The molecule has 5 nitrogen and oxygen atoms in total. The van der Waals surface area contributed by atoms with Crippen molar-refractivity contribution >= 4 is 11.9 Å². The van der Waals surface area contributed by atoms with Crippen molar-refractivity contribution in [3.8, 4) is 0 Å². The van der Waals surface area contributed by atoms with Crippen LogP contribution in [0.3, 0.4) is 0 Å². The summed E-state index contributed by atoms with van der Waals surface area (Å²) in [6.07, 6.45) is 2.09. The molecule has 1 rings (SSSR count). The molecule has 3 amide bonds. The molecule has 0 unspecified atom stereocenters. The van der Waals surface area contributed by atoms with Gasteiger partial charge in [0.05, 0.1) is 6.54 Å². The van der Waals surface area contributed by atoms with Crippen molar-refractivity contribution in [2.75, 3.05) is 6.54 Å². The highest BCUT2D eigenvalue weighted by molar-refractivity contribution is 5.96. The summed E-state index contributed by atoms with van der Waals surface area (Å²) in [6, 6.07) is 8.12. The summed E-state index contributed by atoms with van der Waals surface area (Å²) in [5.41, 5.74) is 5.85. The third-order valence-corrected chi connectivity index (χ3v) is 2.65. The SMILES string of the molecule is CCCC[NH2+][C@@H](C(=O)NC(N)=O)c1ccccc1. The average Bonchev–Trinajstić information content (AvgIpc) is 2.35. The Hall–Kier alpha value is -1.88. The Bertz CT molecular complexity index is 392. The van der Waals surface area contributed by atoms with Crippen LogP contribution in [-0.4, -0.2) is 18.5 Å². The second kappa shape index (κ2) is 7.45. The molecule has 98 valence electrons. The number of carbonyl (C=O) groups is 2. The molecular weight excluding hydrogens is 230 g/mol. The maximum Gasteiger partial charge on any atom is 0.319 e. The van der Waals surface area contributed by atoms with Gasteiger partial charge in [-0.05, 0) is 6.42 Å². The van der Waals surface area contributed by atoms with Crippen LogP contribution in [0, 0.1) is 0 Å². The van der Waals surface area contributed by atoms with E-state index in [9.17, 15) is 9.59 Å². The number of carbonyl (C=O) groups excluding carboxylic acids is 2. The van der Waals surface area contributed by atoms with Crippen molar-refractivity contribution in [3.05, 3.63) is 35.9 Å². The van der Waals surface area contributed by atoms with Gasteiger partial charge in [-0.15, -0.1) is 0 Å². The molecule has 0 aromatic heterocycles. The molecule has 5 N–H and O–H groups in total. The van der Waals surface area contributed by atoms with Crippen LogP contribution in [0.2, 0.25) is 0 Å². The summed E-state index contributed by atoms with van der Waals surface area (Å²) < 4.78 is 0. The second-order valence-electron chi connectivity index (χ2n) is 4.12. The highest BCUT2D eigenvalue weighted by atomic mass is 16.2. The number of urea groups is 1. The van der Waals surface area contributed by atoms with Crippen molar-refractivity contribution < 1.29 is 14.9 Å². The number of unbranched alkanes of at least 4 members (excludes halogenated alkanes) is 1. The minimum absolute atomic E-state index is 0.371. The largest absolute Gasteiger partial charge is 0.351 e. The molecule has 0 heterocycles. The first-order valence-electron chi connectivity index (χ1n) is 6.13. The molecule has 0 bridgehead atoms.